The summed E-state index contributed by atoms with van der Waals surface area (Å²) in [6.45, 7) is 2.01. The average molecular weight is 225 g/mol. The fraction of sp³-hybridized carbons (Fsp3) is 0.667. The molecular formula is C12H19NOS. The van der Waals surface area contributed by atoms with Crippen molar-refractivity contribution in [3.63, 3.8) is 0 Å². The highest BCUT2D eigenvalue weighted by Gasteiger charge is 2.19. The van der Waals surface area contributed by atoms with E-state index in [0.717, 1.165) is 12.2 Å². The van der Waals surface area contributed by atoms with Crippen molar-refractivity contribution in [3.8, 4) is 0 Å². The molecule has 1 aliphatic heterocycles. The predicted molar refractivity (Wildman–Crippen MR) is 65.4 cm³/mol. The molecule has 0 aromatic carbocycles. The lowest BCUT2D eigenvalue weighted by molar-refractivity contribution is 0.411. The Balaban J connectivity index is 1.99. The van der Waals surface area contributed by atoms with Gasteiger partial charge in [0.1, 0.15) is 11.5 Å². The summed E-state index contributed by atoms with van der Waals surface area (Å²) < 4.78 is 5.84. The molecule has 0 bridgehead atoms. The van der Waals surface area contributed by atoms with Crippen molar-refractivity contribution < 1.29 is 4.42 Å². The van der Waals surface area contributed by atoms with Gasteiger partial charge in [0.15, 0.2) is 0 Å². The number of furan rings is 1. The van der Waals surface area contributed by atoms with Crippen molar-refractivity contribution in [2.45, 2.75) is 38.1 Å². The van der Waals surface area contributed by atoms with E-state index in [0.29, 0.717) is 5.92 Å². The second-order valence-electron chi connectivity index (χ2n) is 4.37. The van der Waals surface area contributed by atoms with Crippen LogP contribution in [0.4, 0.5) is 0 Å². The summed E-state index contributed by atoms with van der Waals surface area (Å²) in [4.78, 5) is 0. The molecular weight excluding hydrogens is 206 g/mol. The number of thioether (sulfide) groups is 1. The van der Waals surface area contributed by atoms with E-state index >= 15 is 0 Å². The van der Waals surface area contributed by atoms with Crippen LogP contribution in [0.3, 0.4) is 0 Å². The molecule has 0 amide bonds. The normalized spacial score (nSPS) is 20.4. The first kappa shape index (κ1) is 11.1. The Morgan fingerprint density at radius 1 is 1.47 bits per heavy atom. The summed E-state index contributed by atoms with van der Waals surface area (Å²) in [6.07, 6.45) is 3.37. The topological polar surface area (TPSA) is 39.2 Å². The van der Waals surface area contributed by atoms with Crippen LogP contribution in [0.25, 0.3) is 0 Å². The maximum atomic E-state index is 5.84. The summed E-state index contributed by atoms with van der Waals surface area (Å²) in [7, 11) is 0. The van der Waals surface area contributed by atoms with Crippen molar-refractivity contribution in [1.82, 2.24) is 0 Å². The lowest BCUT2D eigenvalue weighted by Crippen LogP contribution is -2.17. The van der Waals surface area contributed by atoms with Crippen molar-refractivity contribution in [2.24, 2.45) is 5.73 Å². The molecule has 0 aliphatic carbocycles. The third-order valence-corrected chi connectivity index (χ3v) is 3.88. The number of hydrogen-bond acceptors (Lipinski definition) is 3. The Morgan fingerprint density at radius 3 is 2.87 bits per heavy atom. The fourth-order valence-corrected chi connectivity index (χ4v) is 3.13. The molecule has 0 spiro atoms. The van der Waals surface area contributed by atoms with Gasteiger partial charge < -0.3 is 10.2 Å². The molecule has 0 saturated carbocycles. The van der Waals surface area contributed by atoms with Gasteiger partial charge in [-0.15, -0.1) is 0 Å². The largest absolute Gasteiger partial charge is 0.466 e. The van der Waals surface area contributed by atoms with Gasteiger partial charge in [-0.2, -0.15) is 11.8 Å². The van der Waals surface area contributed by atoms with E-state index in [4.69, 9.17) is 10.2 Å². The number of hydrogen-bond donors (Lipinski definition) is 1. The summed E-state index contributed by atoms with van der Waals surface area (Å²) in [6, 6.07) is 4.41. The first-order valence-electron chi connectivity index (χ1n) is 5.67. The van der Waals surface area contributed by atoms with Crippen LogP contribution in [0, 0.1) is 0 Å². The molecule has 2 nitrogen and oxygen atoms in total. The molecule has 2 rings (SSSR count). The van der Waals surface area contributed by atoms with E-state index < -0.39 is 0 Å². The van der Waals surface area contributed by atoms with E-state index in [-0.39, 0.29) is 6.04 Å². The molecule has 1 fully saturated rings. The van der Waals surface area contributed by atoms with Gasteiger partial charge in [-0.25, -0.2) is 0 Å². The maximum Gasteiger partial charge on any atom is 0.107 e. The Hall–Kier alpha value is -0.410. The fourth-order valence-electron chi connectivity index (χ4n) is 2.02. The van der Waals surface area contributed by atoms with Crippen LogP contribution in [0.5, 0.6) is 0 Å². The van der Waals surface area contributed by atoms with E-state index in [2.05, 4.69) is 12.1 Å². The molecule has 1 aromatic rings. The zero-order valence-corrected chi connectivity index (χ0v) is 10.1. The Bertz CT molecular complexity index is 302. The molecule has 1 aliphatic rings. The molecule has 2 heterocycles. The lowest BCUT2D eigenvalue weighted by atomic mass is 10.0. The molecule has 15 heavy (non-hydrogen) atoms. The minimum Gasteiger partial charge on any atom is -0.466 e. The Kier molecular flexibility index (Phi) is 3.76. The van der Waals surface area contributed by atoms with Crippen molar-refractivity contribution in [3.05, 3.63) is 23.7 Å². The van der Waals surface area contributed by atoms with Gasteiger partial charge in [0.05, 0.1) is 0 Å². The van der Waals surface area contributed by atoms with E-state index in [1.54, 1.807) is 0 Å². The Labute approximate surface area is 95.6 Å². The molecule has 2 N–H and O–H groups in total. The van der Waals surface area contributed by atoms with Crippen molar-refractivity contribution >= 4 is 11.8 Å². The average Bonchev–Trinajstić information content (AvgIpc) is 2.67. The van der Waals surface area contributed by atoms with Gasteiger partial charge in [0, 0.05) is 18.4 Å². The van der Waals surface area contributed by atoms with Crippen molar-refractivity contribution in [1.29, 1.82) is 0 Å². The van der Waals surface area contributed by atoms with Crippen LogP contribution in [0.2, 0.25) is 0 Å². The van der Waals surface area contributed by atoms with Crippen LogP contribution in [-0.4, -0.2) is 17.5 Å². The smallest absolute Gasteiger partial charge is 0.107 e. The monoisotopic (exact) mass is 225 g/mol. The predicted octanol–water partition coefficient (Wildman–Crippen LogP) is 2.78. The van der Waals surface area contributed by atoms with Crippen LogP contribution in [0.15, 0.2) is 16.5 Å². The van der Waals surface area contributed by atoms with Crippen LogP contribution in [0.1, 0.15) is 37.2 Å². The minimum atomic E-state index is 0.186. The second-order valence-corrected chi connectivity index (χ2v) is 5.60. The number of rotatable bonds is 3. The van der Waals surface area contributed by atoms with E-state index in [1.165, 1.54) is 30.1 Å². The number of nitrogens with two attached hydrogens (primary N) is 1. The van der Waals surface area contributed by atoms with Crippen LogP contribution < -0.4 is 5.73 Å². The first-order chi connectivity index (χ1) is 7.25. The summed E-state index contributed by atoms with van der Waals surface area (Å²) in [5.41, 5.74) is 5.75. The van der Waals surface area contributed by atoms with Crippen molar-refractivity contribution in [2.75, 3.05) is 11.5 Å². The van der Waals surface area contributed by atoms with E-state index in [9.17, 15) is 0 Å². The summed E-state index contributed by atoms with van der Waals surface area (Å²) in [5.74, 6) is 5.40. The first-order valence-corrected chi connectivity index (χ1v) is 6.83. The highest BCUT2D eigenvalue weighted by molar-refractivity contribution is 7.99. The maximum absolute atomic E-state index is 5.84. The zero-order chi connectivity index (χ0) is 10.7. The third-order valence-electron chi connectivity index (χ3n) is 2.83. The van der Waals surface area contributed by atoms with Crippen LogP contribution in [-0.2, 0) is 6.42 Å². The highest BCUT2D eigenvalue weighted by Crippen LogP contribution is 2.32. The van der Waals surface area contributed by atoms with Crippen LogP contribution >= 0.6 is 11.8 Å². The summed E-state index contributed by atoms with van der Waals surface area (Å²) >= 11 is 2.05. The SMILES string of the molecule is CC(N)Cc1ccc(C2CCSCC2)o1. The standard InChI is InChI=1S/C12H19NOS/c1-9(13)8-11-2-3-12(14-11)10-4-6-15-7-5-10/h2-3,9-10H,4-8,13H2,1H3. The quantitative estimate of drug-likeness (QED) is 0.859. The van der Waals surface area contributed by atoms with Gasteiger partial charge in [0.2, 0.25) is 0 Å². The molecule has 0 radical (unpaired) electrons. The highest BCUT2D eigenvalue weighted by atomic mass is 32.2. The van der Waals surface area contributed by atoms with Gasteiger partial charge in [0.25, 0.3) is 0 Å². The lowest BCUT2D eigenvalue weighted by Gasteiger charge is -2.18. The third kappa shape index (κ3) is 3.02. The van der Waals surface area contributed by atoms with Gasteiger partial charge in [-0.1, -0.05) is 0 Å². The second kappa shape index (κ2) is 5.08. The molecule has 84 valence electrons. The molecule has 1 saturated heterocycles. The minimum absolute atomic E-state index is 0.186. The van der Waals surface area contributed by atoms with Gasteiger partial charge in [-0.3, -0.25) is 0 Å². The zero-order valence-electron chi connectivity index (χ0n) is 9.24. The van der Waals surface area contributed by atoms with E-state index in [1.807, 2.05) is 18.7 Å². The molecule has 1 aromatic heterocycles. The molecule has 3 heteroatoms. The Morgan fingerprint density at radius 2 is 2.20 bits per heavy atom. The summed E-state index contributed by atoms with van der Waals surface area (Å²) in [5, 5.41) is 0. The van der Waals surface area contributed by atoms with Gasteiger partial charge >= 0.3 is 0 Å². The molecule has 1 unspecified atom stereocenters. The molecule has 1 atom stereocenters. The van der Waals surface area contributed by atoms with Gasteiger partial charge in [-0.05, 0) is 43.4 Å².